The van der Waals surface area contributed by atoms with Crippen molar-refractivity contribution in [2.75, 3.05) is 31.5 Å². The van der Waals surface area contributed by atoms with Gasteiger partial charge in [0.25, 0.3) is 0 Å². The number of nitrogens with one attached hydrogen (secondary N) is 1. The van der Waals surface area contributed by atoms with E-state index in [1.807, 2.05) is 0 Å². The Balaban J connectivity index is 1.70. The summed E-state index contributed by atoms with van der Waals surface area (Å²) < 4.78 is 0. The van der Waals surface area contributed by atoms with Gasteiger partial charge in [-0.2, -0.15) is 0 Å². The second-order valence-corrected chi connectivity index (χ2v) is 6.66. The number of rotatable bonds is 2. The third-order valence-electron chi connectivity index (χ3n) is 4.63. The van der Waals surface area contributed by atoms with Gasteiger partial charge in [0.1, 0.15) is 0 Å². The maximum Gasteiger partial charge on any atom is 0.0376 e. The Bertz CT molecular complexity index is 419. The van der Waals surface area contributed by atoms with E-state index in [4.69, 9.17) is 0 Å². The Kier molecular flexibility index (Phi) is 3.79. The molecule has 3 unspecified atom stereocenters. The largest absolute Gasteiger partial charge is 0.385 e. The first-order valence-electron chi connectivity index (χ1n) is 7.77. The number of likely N-dealkylation sites (tertiary alicyclic amines) is 1. The van der Waals surface area contributed by atoms with Gasteiger partial charge in [0, 0.05) is 37.8 Å². The fourth-order valence-electron chi connectivity index (χ4n) is 3.99. The van der Waals surface area contributed by atoms with Crippen LogP contribution in [-0.4, -0.2) is 31.1 Å². The molecule has 3 atom stereocenters. The molecule has 0 aliphatic carbocycles. The molecular formula is C17H26N2. The summed E-state index contributed by atoms with van der Waals surface area (Å²) in [5, 5.41) is 3.53. The SMILES string of the molecule is CC1CC(C)CN(CC2CCNc3ccccc32)C1. The molecule has 2 heteroatoms. The molecule has 0 saturated carbocycles. The molecule has 2 heterocycles. The van der Waals surface area contributed by atoms with Gasteiger partial charge in [0.2, 0.25) is 0 Å². The lowest BCUT2D eigenvalue weighted by atomic mass is 9.87. The molecule has 1 saturated heterocycles. The van der Waals surface area contributed by atoms with Crippen LogP contribution in [0.2, 0.25) is 0 Å². The molecular weight excluding hydrogens is 232 g/mol. The van der Waals surface area contributed by atoms with E-state index in [2.05, 4.69) is 48.3 Å². The standard InChI is InChI=1S/C17H26N2/c1-13-9-14(2)11-19(10-13)12-15-7-8-18-17-6-4-3-5-16(15)17/h3-6,13-15,18H,7-12H2,1-2H3. The first kappa shape index (κ1) is 13.0. The summed E-state index contributed by atoms with van der Waals surface area (Å²) >= 11 is 0. The van der Waals surface area contributed by atoms with Crippen molar-refractivity contribution in [1.82, 2.24) is 4.90 Å². The number of fused-ring (bicyclic) bond motifs is 1. The Morgan fingerprint density at radius 3 is 2.68 bits per heavy atom. The second-order valence-electron chi connectivity index (χ2n) is 6.66. The zero-order valence-corrected chi connectivity index (χ0v) is 12.2. The van der Waals surface area contributed by atoms with Crippen molar-refractivity contribution in [2.24, 2.45) is 11.8 Å². The van der Waals surface area contributed by atoms with Gasteiger partial charge in [-0.3, -0.25) is 0 Å². The van der Waals surface area contributed by atoms with Crippen molar-refractivity contribution in [3.63, 3.8) is 0 Å². The molecule has 3 rings (SSSR count). The third kappa shape index (κ3) is 2.94. The number of hydrogen-bond donors (Lipinski definition) is 1. The zero-order chi connectivity index (χ0) is 13.2. The van der Waals surface area contributed by atoms with Crippen LogP contribution in [0.3, 0.4) is 0 Å². The van der Waals surface area contributed by atoms with E-state index in [0.717, 1.165) is 24.3 Å². The average molecular weight is 258 g/mol. The average Bonchev–Trinajstić information content (AvgIpc) is 2.38. The Labute approximate surface area is 117 Å². The van der Waals surface area contributed by atoms with Crippen molar-refractivity contribution < 1.29 is 0 Å². The van der Waals surface area contributed by atoms with Gasteiger partial charge in [-0.25, -0.2) is 0 Å². The van der Waals surface area contributed by atoms with Crippen LogP contribution in [0.1, 0.15) is 38.2 Å². The molecule has 0 spiro atoms. The molecule has 2 aliphatic heterocycles. The van der Waals surface area contributed by atoms with Gasteiger partial charge < -0.3 is 10.2 Å². The Morgan fingerprint density at radius 2 is 1.89 bits per heavy atom. The van der Waals surface area contributed by atoms with Gasteiger partial charge in [-0.1, -0.05) is 32.0 Å². The molecule has 1 aromatic carbocycles. The zero-order valence-electron chi connectivity index (χ0n) is 12.2. The quantitative estimate of drug-likeness (QED) is 0.872. The number of para-hydroxylation sites is 1. The molecule has 0 aromatic heterocycles. The van der Waals surface area contributed by atoms with Gasteiger partial charge >= 0.3 is 0 Å². The van der Waals surface area contributed by atoms with Gasteiger partial charge in [-0.15, -0.1) is 0 Å². The summed E-state index contributed by atoms with van der Waals surface area (Å²) in [4.78, 5) is 2.70. The fourth-order valence-corrected chi connectivity index (χ4v) is 3.99. The lowest BCUT2D eigenvalue weighted by Gasteiger charge is -2.38. The van der Waals surface area contributed by atoms with E-state index in [1.54, 1.807) is 0 Å². The van der Waals surface area contributed by atoms with Crippen molar-refractivity contribution in [3.05, 3.63) is 29.8 Å². The third-order valence-corrected chi connectivity index (χ3v) is 4.63. The predicted molar refractivity (Wildman–Crippen MR) is 81.7 cm³/mol. The van der Waals surface area contributed by atoms with Gasteiger partial charge in [-0.05, 0) is 36.3 Å². The molecule has 1 aromatic rings. The van der Waals surface area contributed by atoms with E-state index in [9.17, 15) is 0 Å². The lowest BCUT2D eigenvalue weighted by Crippen LogP contribution is -2.41. The van der Waals surface area contributed by atoms with Crippen molar-refractivity contribution >= 4 is 5.69 Å². The molecule has 0 bridgehead atoms. The summed E-state index contributed by atoms with van der Waals surface area (Å²) in [6, 6.07) is 8.85. The summed E-state index contributed by atoms with van der Waals surface area (Å²) in [5.41, 5.74) is 2.89. The Hall–Kier alpha value is -1.02. The van der Waals surface area contributed by atoms with Crippen LogP contribution < -0.4 is 5.32 Å². The fraction of sp³-hybridized carbons (Fsp3) is 0.647. The van der Waals surface area contributed by atoms with E-state index in [0.29, 0.717) is 0 Å². The van der Waals surface area contributed by atoms with E-state index in [-0.39, 0.29) is 0 Å². The monoisotopic (exact) mass is 258 g/mol. The number of hydrogen-bond acceptors (Lipinski definition) is 2. The number of anilines is 1. The molecule has 0 amide bonds. The maximum atomic E-state index is 3.53. The number of nitrogens with zero attached hydrogens (tertiary/aromatic N) is 1. The van der Waals surface area contributed by atoms with Crippen LogP contribution >= 0.6 is 0 Å². The predicted octanol–water partition coefficient (Wildman–Crippen LogP) is 3.56. The van der Waals surface area contributed by atoms with Crippen LogP contribution in [-0.2, 0) is 0 Å². The van der Waals surface area contributed by atoms with Crippen molar-refractivity contribution in [2.45, 2.75) is 32.6 Å². The van der Waals surface area contributed by atoms with Crippen LogP contribution in [0, 0.1) is 11.8 Å². The van der Waals surface area contributed by atoms with Gasteiger partial charge in [0.05, 0.1) is 0 Å². The summed E-state index contributed by atoms with van der Waals surface area (Å²) in [6.45, 7) is 9.75. The highest BCUT2D eigenvalue weighted by Gasteiger charge is 2.26. The minimum Gasteiger partial charge on any atom is -0.385 e. The van der Waals surface area contributed by atoms with Crippen LogP contribution in [0.25, 0.3) is 0 Å². The number of benzene rings is 1. The molecule has 2 nitrogen and oxygen atoms in total. The van der Waals surface area contributed by atoms with Crippen LogP contribution in [0.4, 0.5) is 5.69 Å². The van der Waals surface area contributed by atoms with E-state index < -0.39 is 0 Å². The number of piperidine rings is 1. The van der Waals surface area contributed by atoms with E-state index >= 15 is 0 Å². The molecule has 2 aliphatic rings. The molecule has 1 fully saturated rings. The molecule has 0 radical (unpaired) electrons. The first-order valence-corrected chi connectivity index (χ1v) is 7.77. The minimum atomic E-state index is 0.718. The molecule has 104 valence electrons. The van der Waals surface area contributed by atoms with Crippen molar-refractivity contribution in [3.8, 4) is 0 Å². The first-order chi connectivity index (χ1) is 9.22. The summed E-state index contributed by atoms with van der Waals surface area (Å²) in [6.07, 6.45) is 2.68. The summed E-state index contributed by atoms with van der Waals surface area (Å²) in [5.74, 6) is 2.44. The minimum absolute atomic E-state index is 0.718. The highest BCUT2D eigenvalue weighted by atomic mass is 15.1. The molecule has 1 N–H and O–H groups in total. The topological polar surface area (TPSA) is 15.3 Å². The van der Waals surface area contributed by atoms with Crippen LogP contribution in [0.15, 0.2) is 24.3 Å². The summed E-state index contributed by atoms with van der Waals surface area (Å²) in [7, 11) is 0. The maximum absolute atomic E-state index is 3.53. The highest BCUT2D eigenvalue weighted by molar-refractivity contribution is 5.54. The van der Waals surface area contributed by atoms with Crippen molar-refractivity contribution in [1.29, 1.82) is 0 Å². The smallest absolute Gasteiger partial charge is 0.0376 e. The normalized spacial score (nSPS) is 31.6. The highest BCUT2D eigenvalue weighted by Crippen LogP contribution is 2.33. The Morgan fingerprint density at radius 1 is 1.16 bits per heavy atom. The molecule has 19 heavy (non-hydrogen) atoms. The second kappa shape index (κ2) is 5.54. The van der Waals surface area contributed by atoms with E-state index in [1.165, 1.54) is 43.7 Å². The van der Waals surface area contributed by atoms with Crippen LogP contribution in [0.5, 0.6) is 0 Å². The lowest BCUT2D eigenvalue weighted by molar-refractivity contribution is 0.132. The van der Waals surface area contributed by atoms with Gasteiger partial charge in [0.15, 0.2) is 0 Å².